The number of nitrogens with zero attached hydrogens (tertiary/aromatic N) is 1. The summed E-state index contributed by atoms with van der Waals surface area (Å²) in [4.78, 5) is 24.1. The van der Waals surface area contributed by atoms with Crippen molar-refractivity contribution in [1.82, 2.24) is 4.57 Å². The third kappa shape index (κ3) is 9.24. The van der Waals surface area contributed by atoms with Gasteiger partial charge in [0.05, 0.1) is 0 Å². The number of carboxylic acids is 1. The van der Waals surface area contributed by atoms with Crippen LogP contribution in [0.25, 0.3) is 0 Å². The van der Waals surface area contributed by atoms with Crippen LogP contribution in [0.5, 0.6) is 0 Å². The Kier molecular flexibility index (Phi) is 14.5. The SMILES string of the molecule is CCCCCCC(CC)CNc1cccc(C(=O)c2cc(CCCC(=O)[O-])n(C)c2CC)c1.[Na+]. The van der Waals surface area contributed by atoms with Gasteiger partial charge in [-0.25, -0.2) is 0 Å². The molecule has 2 rings (SSSR count). The van der Waals surface area contributed by atoms with Crippen molar-refractivity contribution in [2.45, 2.75) is 85.0 Å². The molecule has 1 aromatic heterocycles. The number of carbonyl (C=O) groups excluding carboxylic acids is 2. The molecular formula is C28H41N2NaO3. The molecule has 6 heteroatoms. The number of anilines is 1. The average molecular weight is 477 g/mol. The van der Waals surface area contributed by atoms with Gasteiger partial charge in [0.25, 0.3) is 0 Å². The van der Waals surface area contributed by atoms with Crippen LogP contribution in [0.2, 0.25) is 0 Å². The molecule has 0 bridgehead atoms. The Morgan fingerprint density at radius 3 is 2.47 bits per heavy atom. The van der Waals surface area contributed by atoms with Crippen LogP contribution in [0.1, 0.15) is 99.4 Å². The Morgan fingerprint density at radius 1 is 1.06 bits per heavy atom. The topological polar surface area (TPSA) is 74.2 Å². The maximum atomic E-state index is 13.4. The summed E-state index contributed by atoms with van der Waals surface area (Å²) in [6, 6.07) is 9.72. The normalized spacial score (nSPS) is 11.6. The zero-order valence-corrected chi connectivity index (χ0v) is 23.9. The summed E-state index contributed by atoms with van der Waals surface area (Å²) in [5.41, 5.74) is 4.34. The van der Waals surface area contributed by atoms with Crippen LogP contribution in [0.3, 0.4) is 0 Å². The molecule has 1 heterocycles. The summed E-state index contributed by atoms with van der Waals surface area (Å²) >= 11 is 0. The van der Waals surface area contributed by atoms with E-state index in [1.165, 1.54) is 32.1 Å². The van der Waals surface area contributed by atoms with Crippen molar-refractivity contribution in [3.05, 3.63) is 52.8 Å². The van der Waals surface area contributed by atoms with Gasteiger partial charge in [-0.05, 0) is 56.2 Å². The van der Waals surface area contributed by atoms with Gasteiger partial charge in [0, 0.05) is 47.8 Å². The van der Waals surface area contributed by atoms with E-state index in [4.69, 9.17) is 0 Å². The van der Waals surface area contributed by atoms with E-state index in [-0.39, 0.29) is 41.8 Å². The molecule has 0 spiro atoms. The van der Waals surface area contributed by atoms with Crippen LogP contribution in [-0.4, -0.2) is 22.9 Å². The van der Waals surface area contributed by atoms with Gasteiger partial charge < -0.3 is 19.8 Å². The maximum absolute atomic E-state index is 13.4. The van der Waals surface area contributed by atoms with Crippen molar-refractivity contribution in [3.8, 4) is 0 Å². The first kappa shape index (κ1) is 30.5. The molecule has 5 nitrogen and oxygen atoms in total. The van der Waals surface area contributed by atoms with Crippen molar-refractivity contribution in [1.29, 1.82) is 0 Å². The number of hydrogen-bond donors (Lipinski definition) is 1. The first-order valence-electron chi connectivity index (χ1n) is 12.7. The van der Waals surface area contributed by atoms with Crippen molar-refractivity contribution in [2.24, 2.45) is 13.0 Å². The summed E-state index contributed by atoms with van der Waals surface area (Å²) in [5.74, 6) is -0.374. The van der Waals surface area contributed by atoms with Crippen LogP contribution in [0, 0.1) is 5.92 Å². The summed E-state index contributed by atoms with van der Waals surface area (Å²) in [5, 5.41) is 14.3. The minimum Gasteiger partial charge on any atom is -0.550 e. The summed E-state index contributed by atoms with van der Waals surface area (Å²) in [6.45, 7) is 7.46. The maximum Gasteiger partial charge on any atom is 1.00 e. The predicted octanol–water partition coefficient (Wildman–Crippen LogP) is 2.30. The van der Waals surface area contributed by atoms with Gasteiger partial charge in [-0.2, -0.15) is 0 Å². The monoisotopic (exact) mass is 476 g/mol. The van der Waals surface area contributed by atoms with E-state index < -0.39 is 5.97 Å². The predicted molar refractivity (Wildman–Crippen MR) is 134 cm³/mol. The van der Waals surface area contributed by atoms with Gasteiger partial charge in [0.15, 0.2) is 5.78 Å². The summed E-state index contributed by atoms with van der Waals surface area (Å²) in [7, 11) is 1.95. The Hall–Kier alpha value is -1.56. The number of aliphatic carboxylic acids is 1. The fraction of sp³-hybridized carbons (Fsp3) is 0.571. The zero-order chi connectivity index (χ0) is 24.2. The zero-order valence-electron chi connectivity index (χ0n) is 21.9. The van der Waals surface area contributed by atoms with E-state index in [0.29, 0.717) is 29.9 Å². The number of aryl methyl sites for hydroxylation is 1. The molecule has 182 valence electrons. The van der Waals surface area contributed by atoms with Crippen LogP contribution < -0.4 is 40.0 Å². The first-order valence-corrected chi connectivity index (χ1v) is 12.7. The standard InChI is InChI=1S/C28H42N2O3.Na/c1-5-8-9-10-13-21(6-2)20-29-23-15-11-14-22(18-23)28(33)25-19-24(16-12-17-27(31)32)30(4)26(25)7-3;/h11,14-15,18-19,21,29H,5-10,12-13,16-17,20H2,1-4H3,(H,31,32);/q;+1/p-1. The summed E-state index contributed by atoms with van der Waals surface area (Å²) < 4.78 is 2.04. The van der Waals surface area contributed by atoms with Gasteiger partial charge in [0.2, 0.25) is 0 Å². The van der Waals surface area contributed by atoms with Crippen LogP contribution in [0.4, 0.5) is 5.69 Å². The molecule has 34 heavy (non-hydrogen) atoms. The van der Waals surface area contributed by atoms with E-state index in [1.54, 1.807) is 0 Å². The van der Waals surface area contributed by atoms with E-state index in [9.17, 15) is 14.7 Å². The molecule has 1 atom stereocenters. The molecule has 1 aromatic carbocycles. The number of ketones is 1. The fourth-order valence-corrected chi connectivity index (χ4v) is 4.48. The Bertz CT molecular complexity index is 907. The fourth-order valence-electron chi connectivity index (χ4n) is 4.48. The number of nitrogens with one attached hydrogen (secondary N) is 1. The second kappa shape index (κ2) is 16.2. The van der Waals surface area contributed by atoms with E-state index in [0.717, 1.165) is 36.5 Å². The van der Waals surface area contributed by atoms with Crippen molar-refractivity contribution in [2.75, 3.05) is 11.9 Å². The molecule has 0 amide bonds. The molecule has 0 aliphatic carbocycles. The number of benzene rings is 1. The van der Waals surface area contributed by atoms with Crippen molar-refractivity contribution >= 4 is 17.4 Å². The van der Waals surface area contributed by atoms with Gasteiger partial charge in [-0.15, -0.1) is 0 Å². The molecular weight excluding hydrogens is 435 g/mol. The Labute approximate surface area is 228 Å². The van der Waals surface area contributed by atoms with Crippen molar-refractivity contribution in [3.63, 3.8) is 0 Å². The minimum atomic E-state index is -1.04. The molecule has 0 saturated carbocycles. The Morgan fingerprint density at radius 2 is 1.82 bits per heavy atom. The van der Waals surface area contributed by atoms with Gasteiger partial charge in [-0.1, -0.05) is 65.0 Å². The van der Waals surface area contributed by atoms with Gasteiger partial charge in [0.1, 0.15) is 0 Å². The third-order valence-electron chi connectivity index (χ3n) is 6.61. The number of aromatic nitrogens is 1. The molecule has 1 N–H and O–H groups in total. The number of rotatable bonds is 16. The number of carbonyl (C=O) groups is 2. The van der Waals surface area contributed by atoms with Crippen LogP contribution in [-0.2, 0) is 24.7 Å². The quantitative estimate of drug-likeness (QED) is 0.229. The van der Waals surface area contributed by atoms with Crippen LogP contribution in [0.15, 0.2) is 30.3 Å². The molecule has 0 fully saturated rings. The average Bonchev–Trinajstić information content (AvgIpc) is 3.13. The van der Waals surface area contributed by atoms with Gasteiger partial charge in [-0.3, -0.25) is 4.79 Å². The smallest absolute Gasteiger partial charge is 0.550 e. The number of unbranched alkanes of at least 4 members (excludes halogenated alkanes) is 3. The molecule has 0 radical (unpaired) electrons. The second-order valence-electron chi connectivity index (χ2n) is 9.05. The molecule has 0 saturated heterocycles. The second-order valence-corrected chi connectivity index (χ2v) is 9.05. The van der Waals surface area contributed by atoms with Crippen LogP contribution >= 0.6 is 0 Å². The largest absolute Gasteiger partial charge is 1.00 e. The Balaban J connectivity index is 0.00000578. The first-order chi connectivity index (χ1) is 15.9. The summed E-state index contributed by atoms with van der Waals surface area (Å²) in [6.07, 6.45) is 9.46. The number of carboxylic acid groups (broad SMARTS) is 1. The van der Waals surface area contributed by atoms with Gasteiger partial charge >= 0.3 is 29.6 Å². The number of hydrogen-bond acceptors (Lipinski definition) is 4. The van der Waals surface area contributed by atoms with Crippen molar-refractivity contribution < 1.29 is 44.3 Å². The molecule has 0 aliphatic heterocycles. The molecule has 0 aliphatic rings. The molecule has 1 unspecified atom stereocenters. The van der Waals surface area contributed by atoms with E-state index in [1.807, 2.05) is 48.9 Å². The van der Waals surface area contributed by atoms with E-state index in [2.05, 4.69) is 19.2 Å². The third-order valence-corrected chi connectivity index (χ3v) is 6.61. The van der Waals surface area contributed by atoms with E-state index >= 15 is 0 Å². The molecule has 2 aromatic rings. The minimum absolute atomic E-state index is 0.